The molecule has 1 aliphatic carbocycles. The standard InChI is InChI=1S/C27H32N6O6/c1-17(16-34)38-20-10-19(26(35)30-23-7-8-32(2)31-23)11-21(12-20)39-25-14-28-24(13-29-25)33(15-18-5-6-18)27(36)22-4-3-9-37-22/h7-8,10-14,17-18,22,34H,3-6,9,15-16H2,1-2H3,(H,30,31,35)/t17-,22+/m0/s1. The molecule has 2 N–H and O–H groups in total. The topological polar surface area (TPSA) is 141 Å². The van der Waals surface area contributed by atoms with Crippen molar-refractivity contribution in [3.8, 4) is 17.4 Å². The number of hydrogen-bond donors (Lipinski definition) is 2. The van der Waals surface area contributed by atoms with Crippen molar-refractivity contribution in [3.63, 3.8) is 0 Å². The first-order valence-corrected chi connectivity index (χ1v) is 13.0. The number of nitrogens with one attached hydrogen (secondary N) is 1. The largest absolute Gasteiger partial charge is 0.488 e. The number of aromatic nitrogens is 4. The van der Waals surface area contributed by atoms with E-state index in [4.69, 9.17) is 14.2 Å². The van der Waals surface area contributed by atoms with E-state index in [2.05, 4.69) is 20.4 Å². The Morgan fingerprint density at radius 3 is 2.67 bits per heavy atom. The second-order valence-electron chi connectivity index (χ2n) is 9.84. The molecule has 1 saturated heterocycles. The minimum Gasteiger partial charge on any atom is -0.488 e. The second-order valence-corrected chi connectivity index (χ2v) is 9.84. The predicted molar refractivity (Wildman–Crippen MR) is 141 cm³/mol. The Hall–Kier alpha value is -4.03. The number of carbonyl (C=O) groups is 2. The second kappa shape index (κ2) is 11.8. The van der Waals surface area contributed by atoms with Gasteiger partial charge in [0.05, 0.1) is 19.0 Å². The third-order valence-electron chi connectivity index (χ3n) is 6.41. The number of aryl methyl sites for hydroxylation is 1. The van der Waals surface area contributed by atoms with E-state index in [1.54, 1.807) is 54.0 Å². The summed E-state index contributed by atoms with van der Waals surface area (Å²) < 4.78 is 18.8. The average Bonchev–Trinajstić information content (AvgIpc) is 3.39. The number of anilines is 2. The van der Waals surface area contributed by atoms with Crippen LogP contribution in [0, 0.1) is 5.92 Å². The lowest BCUT2D eigenvalue weighted by Crippen LogP contribution is -2.40. The number of nitrogens with zero attached hydrogens (tertiary/aromatic N) is 5. The highest BCUT2D eigenvalue weighted by Crippen LogP contribution is 2.33. The van der Waals surface area contributed by atoms with Crippen LogP contribution in [0.2, 0.25) is 0 Å². The molecule has 2 atom stereocenters. The van der Waals surface area contributed by atoms with E-state index in [9.17, 15) is 14.7 Å². The summed E-state index contributed by atoms with van der Waals surface area (Å²) in [5.41, 5.74) is 0.264. The number of amides is 2. The number of carbonyl (C=O) groups excluding carboxylic acids is 2. The molecule has 2 aromatic heterocycles. The molecule has 1 aromatic carbocycles. The van der Waals surface area contributed by atoms with Crippen molar-refractivity contribution in [1.29, 1.82) is 0 Å². The molecule has 2 fully saturated rings. The van der Waals surface area contributed by atoms with Gasteiger partial charge in [-0.05, 0) is 50.7 Å². The van der Waals surface area contributed by atoms with Crippen LogP contribution in [0.15, 0.2) is 42.9 Å². The fourth-order valence-electron chi connectivity index (χ4n) is 4.19. The average molecular weight is 537 g/mol. The lowest BCUT2D eigenvalue weighted by molar-refractivity contribution is -0.127. The maximum absolute atomic E-state index is 13.1. The predicted octanol–water partition coefficient (Wildman–Crippen LogP) is 2.94. The molecule has 3 aromatic rings. The van der Waals surface area contributed by atoms with E-state index in [0.717, 1.165) is 19.3 Å². The maximum atomic E-state index is 13.1. The molecule has 5 rings (SSSR count). The molecule has 12 heteroatoms. The Labute approximate surface area is 225 Å². The highest BCUT2D eigenvalue weighted by molar-refractivity contribution is 6.04. The monoisotopic (exact) mass is 536 g/mol. The van der Waals surface area contributed by atoms with Crippen LogP contribution in [0.25, 0.3) is 0 Å². The zero-order chi connectivity index (χ0) is 27.4. The van der Waals surface area contributed by atoms with Gasteiger partial charge in [-0.1, -0.05) is 0 Å². The highest BCUT2D eigenvalue weighted by atomic mass is 16.5. The van der Waals surface area contributed by atoms with Crippen LogP contribution in [-0.4, -0.2) is 68.6 Å². The Bertz CT molecular complexity index is 1300. The van der Waals surface area contributed by atoms with Crippen molar-refractivity contribution < 1.29 is 28.9 Å². The SMILES string of the molecule is C[C@@H](CO)Oc1cc(Oc2cnc(N(CC3CC3)C(=O)[C@H]3CCCO3)cn2)cc(C(=O)Nc2ccn(C)n2)c1. The molecule has 39 heavy (non-hydrogen) atoms. The Morgan fingerprint density at radius 1 is 1.21 bits per heavy atom. The molecule has 1 saturated carbocycles. The number of aliphatic hydroxyl groups is 1. The summed E-state index contributed by atoms with van der Waals surface area (Å²) in [6, 6.07) is 6.37. The number of rotatable bonds is 11. The molecule has 12 nitrogen and oxygen atoms in total. The fourth-order valence-corrected chi connectivity index (χ4v) is 4.19. The van der Waals surface area contributed by atoms with Crippen molar-refractivity contribution in [2.45, 2.75) is 44.8 Å². The van der Waals surface area contributed by atoms with Crippen molar-refractivity contribution in [2.75, 3.05) is 30.0 Å². The number of aliphatic hydroxyl groups excluding tert-OH is 1. The molecule has 2 aliphatic rings. The molecular weight excluding hydrogens is 504 g/mol. The minimum atomic E-state index is -0.495. The summed E-state index contributed by atoms with van der Waals surface area (Å²) in [5.74, 6) is 1.61. The van der Waals surface area contributed by atoms with Gasteiger partial charge in [-0.25, -0.2) is 9.97 Å². The molecule has 0 unspecified atom stereocenters. The zero-order valence-electron chi connectivity index (χ0n) is 21.9. The van der Waals surface area contributed by atoms with Gasteiger partial charge in [0, 0.05) is 44.1 Å². The quantitative estimate of drug-likeness (QED) is 0.378. The summed E-state index contributed by atoms with van der Waals surface area (Å²) in [6.07, 6.45) is 7.48. The van der Waals surface area contributed by atoms with Gasteiger partial charge in [0.1, 0.15) is 23.7 Å². The Balaban J connectivity index is 1.34. The van der Waals surface area contributed by atoms with Crippen LogP contribution >= 0.6 is 0 Å². The fraction of sp³-hybridized carbons (Fsp3) is 0.444. The molecule has 3 heterocycles. The Morgan fingerprint density at radius 2 is 2.03 bits per heavy atom. The highest BCUT2D eigenvalue weighted by Gasteiger charge is 2.34. The van der Waals surface area contributed by atoms with Crippen LogP contribution in [0.5, 0.6) is 17.4 Å². The zero-order valence-corrected chi connectivity index (χ0v) is 21.9. The first kappa shape index (κ1) is 26.6. The van der Waals surface area contributed by atoms with Gasteiger partial charge in [0.2, 0.25) is 5.88 Å². The maximum Gasteiger partial charge on any atom is 0.257 e. The first-order valence-electron chi connectivity index (χ1n) is 13.0. The molecule has 1 aliphatic heterocycles. The minimum absolute atomic E-state index is 0.0891. The lowest BCUT2D eigenvalue weighted by atomic mass is 10.2. The normalized spacial score (nSPS) is 17.5. The molecular formula is C27H32N6O6. The molecule has 0 bridgehead atoms. The van der Waals surface area contributed by atoms with Crippen LogP contribution < -0.4 is 19.7 Å². The summed E-state index contributed by atoms with van der Waals surface area (Å²) in [4.78, 5) is 36.5. The smallest absolute Gasteiger partial charge is 0.257 e. The van der Waals surface area contributed by atoms with Gasteiger partial charge in [-0.3, -0.25) is 19.2 Å². The lowest BCUT2D eigenvalue weighted by Gasteiger charge is -2.24. The van der Waals surface area contributed by atoms with Crippen molar-refractivity contribution in [2.24, 2.45) is 13.0 Å². The van der Waals surface area contributed by atoms with Crippen molar-refractivity contribution >= 4 is 23.5 Å². The number of hydrogen-bond acceptors (Lipinski definition) is 9. The van der Waals surface area contributed by atoms with E-state index < -0.39 is 18.1 Å². The van der Waals surface area contributed by atoms with Gasteiger partial charge in [0.25, 0.3) is 11.8 Å². The van der Waals surface area contributed by atoms with Gasteiger partial charge in [-0.2, -0.15) is 5.10 Å². The Kier molecular flexibility index (Phi) is 8.03. The first-order chi connectivity index (χ1) is 18.9. The summed E-state index contributed by atoms with van der Waals surface area (Å²) >= 11 is 0. The molecule has 206 valence electrons. The van der Waals surface area contributed by atoms with E-state index in [-0.39, 0.29) is 29.7 Å². The third kappa shape index (κ3) is 6.89. The van der Waals surface area contributed by atoms with Crippen LogP contribution in [0.3, 0.4) is 0 Å². The van der Waals surface area contributed by atoms with Crippen LogP contribution in [-0.2, 0) is 16.6 Å². The van der Waals surface area contributed by atoms with E-state index in [1.165, 1.54) is 12.4 Å². The van der Waals surface area contributed by atoms with E-state index in [1.807, 2.05) is 0 Å². The molecule has 0 spiro atoms. The summed E-state index contributed by atoms with van der Waals surface area (Å²) in [6.45, 7) is 2.69. The van der Waals surface area contributed by atoms with Gasteiger partial charge >= 0.3 is 0 Å². The van der Waals surface area contributed by atoms with Gasteiger partial charge < -0.3 is 24.6 Å². The number of ether oxygens (including phenoxy) is 3. The van der Waals surface area contributed by atoms with Crippen molar-refractivity contribution in [3.05, 3.63) is 48.4 Å². The van der Waals surface area contributed by atoms with Gasteiger partial charge in [-0.15, -0.1) is 0 Å². The van der Waals surface area contributed by atoms with Crippen molar-refractivity contribution in [1.82, 2.24) is 19.7 Å². The van der Waals surface area contributed by atoms with Crippen LogP contribution in [0.1, 0.15) is 43.0 Å². The van der Waals surface area contributed by atoms with E-state index in [0.29, 0.717) is 42.9 Å². The van der Waals surface area contributed by atoms with Crippen LogP contribution in [0.4, 0.5) is 11.6 Å². The summed E-state index contributed by atoms with van der Waals surface area (Å²) in [5, 5.41) is 16.3. The summed E-state index contributed by atoms with van der Waals surface area (Å²) in [7, 11) is 1.75. The van der Waals surface area contributed by atoms with E-state index >= 15 is 0 Å². The molecule has 2 amide bonds. The third-order valence-corrected chi connectivity index (χ3v) is 6.41. The number of benzene rings is 1. The van der Waals surface area contributed by atoms with Gasteiger partial charge in [0.15, 0.2) is 11.6 Å². The molecule has 0 radical (unpaired) electrons.